The molecule has 0 aliphatic rings. The molecule has 0 saturated heterocycles. The lowest BCUT2D eigenvalue weighted by Gasteiger charge is -2.06. The lowest BCUT2D eigenvalue weighted by atomic mass is 10.0. The van der Waals surface area contributed by atoms with Crippen LogP contribution in [0, 0.1) is 3.83 Å². The summed E-state index contributed by atoms with van der Waals surface area (Å²) in [6, 6.07) is 22.2. The number of benzene rings is 2. The van der Waals surface area contributed by atoms with E-state index in [1.165, 1.54) is 0 Å². The van der Waals surface area contributed by atoms with Gasteiger partial charge < -0.3 is 0 Å². The Kier molecular flexibility index (Phi) is 4.47. The van der Waals surface area contributed by atoms with Crippen molar-refractivity contribution < 1.29 is 0 Å². The molecule has 4 nitrogen and oxygen atoms in total. The van der Waals surface area contributed by atoms with Crippen LogP contribution >= 0.6 is 22.6 Å². The largest absolute Gasteiger partial charge is 0.265 e. The Labute approximate surface area is 159 Å². The van der Waals surface area contributed by atoms with Crippen LogP contribution in [0.1, 0.15) is 0 Å². The van der Waals surface area contributed by atoms with Gasteiger partial charge in [0.1, 0.15) is 0 Å². The summed E-state index contributed by atoms with van der Waals surface area (Å²) in [6.45, 7) is 0. The predicted octanol–water partition coefficient (Wildman–Crippen LogP) is 4.87. The second-order valence-electron chi connectivity index (χ2n) is 5.43. The van der Waals surface area contributed by atoms with E-state index in [-0.39, 0.29) is 0 Å². The maximum absolute atomic E-state index is 4.64. The lowest BCUT2D eigenvalue weighted by molar-refractivity contribution is 1.02. The summed E-state index contributed by atoms with van der Waals surface area (Å²) < 4.78 is 0.680. The van der Waals surface area contributed by atoms with Crippen molar-refractivity contribution in [1.29, 1.82) is 0 Å². The average molecular weight is 436 g/mol. The van der Waals surface area contributed by atoms with Gasteiger partial charge in [0.05, 0.1) is 0 Å². The van der Waals surface area contributed by atoms with Gasteiger partial charge in [-0.05, 0) is 23.3 Å². The molecule has 0 radical (unpaired) electrons. The van der Waals surface area contributed by atoms with E-state index < -0.39 is 0 Å². The van der Waals surface area contributed by atoms with Crippen LogP contribution in [-0.2, 0) is 0 Å². The predicted molar refractivity (Wildman–Crippen MR) is 107 cm³/mol. The quantitative estimate of drug-likeness (QED) is 0.430. The molecule has 0 atom stereocenters. The topological polar surface area (TPSA) is 51.6 Å². The maximum atomic E-state index is 4.64. The van der Waals surface area contributed by atoms with Gasteiger partial charge in [0.15, 0.2) is 15.5 Å². The van der Waals surface area contributed by atoms with Crippen LogP contribution in [0.2, 0.25) is 0 Å². The molecule has 0 aliphatic heterocycles. The highest BCUT2D eigenvalue weighted by atomic mass is 127. The van der Waals surface area contributed by atoms with Crippen LogP contribution in [0.3, 0.4) is 0 Å². The molecule has 0 N–H and O–H groups in total. The van der Waals surface area contributed by atoms with Crippen molar-refractivity contribution in [1.82, 2.24) is 19.9 Å². The molecule has 2 aromatic carbocycles. The molecule has 2 aromatic heterocycles. The summed E-state index contributed by atoms with van der Waals surface area (Å²) in [7, 11) is 0. The Hall–Kier alpha value is -2.67. The van der Waals surface area contributed by atoms with Crippen LogP contribution in [0.5, 0.6) is 0 Å². The standard InChI is InChI=1S/C20H13IN4/c21-20-24-18(16-4-2-1-3-5-16)23-19(25-20)17-8-6-14(7-9-17)15-10-12-22-13-11-15/h1-13H. The molecule has 0 amide bonds. The summed E-state index contributed by atoms with van der Waals surface area (Å²) in [5.41, 5.74) is 4.22. The van der Waals surface area contributed by atoms with E-state index in [1.54, 1.807) is 12.4 Å². The molecule has 4 aromatic rings. The van der Waals surface area contributed by atoms with Crippen LogP contribution in [0.4, 0.5) is 0 Å². The van der Waals surface area contributed by atoms with Crippen LogP contribution < -0.4 is 0 Å². The smallest absolute Gasteiger partial charge is 0.194 e. The molecule has 0 saturated carbocycles. The zero-order chi connectivity index (χ0) is 17.1. The molecule has 5 heteroatoms. The minimum absolute atomic E-state index is 0.680. The van der Waals surface area contributed by atoms with Crippen LogP contribution in [0.25, 0.3) is 33.9 Å². The fraction of sp³-hybridized carbons (Fsp3) is 0. The van der Waals surface area contributed by atoms with Gasteiger partial charge in [-0.2, -0.15) is 0 Å². The number of hydrogen-bond acceptors (Lipinski definition) is 4. The molecule has 4 rings (SSSR count). The minimum atomic E-state index is 0.680. The third-order valence-corrected chi connectivity index (χ3v) is 4.28. The molecule has 120 valence electrons. The third-order valence-electron chi connectivity index (χ3n) is 3.80. The zero-order valence-electron chi connectivity index (χ0n) is 13.2. The normalized spacial score (nSPS) is 10.6. The zero-order valence-corrected chi connectivity index (χ0v) is 15.3. The Morgan fingerprint density at radius 3 is 1.68 bits per heavy atom. The van der Waals surface area contributed by atoms with Crippen molar-refractivity contribution in [2.24, 2.45) is 0 Å². The lowest BCUT2D eigenvalue weighted by Crippen LogP contribution is -1.99. The summed E-state index contributed by atoms with van der Waals surface area (Å²) >= 11 is 2.13. The van der Waals surface area contributed by atoms with Crippen molar-refractivity contribution in [3.05, 3.63) is 83.0 Å². The average Bonchev–Trinajstić information content (AvgIpc) is 2.69. The third kappa shape index (κ3) is 3.56. The van der Waals surface area contributed by atoms with E-state index in [4.69, 9.17) is 0 Å². The molecule has 0 unspecified atom stereocenters. The highest BCUT2D eigenvalue weighted by molar-refractivity contribution is 14.1. The van der Waals surface area contributed by atoms with E-state index in [0.29, 0.717) is 15.5 Å². The van der Waals surface area contributed by atoms with Crippen molar-refractivity contribution in [2.45, 2.75) is 0 Å². The van der Waals surface area contributed by atoms with Gasteiger partial charge in [0.2, 0.25) is 0 Å². The molecule has 0 spiro atoms. The summed E-state index contributed by atoms with van der Waals surface area (Å²) in [5, 5.41) is 0. The highest BCUT2D eigenvalue weighted by Gasteiger charge is 2.09. The monoisotopic (exact) mass is 436 g/mol. The molecular formula is C20H13IN4. The maximum Gasteiger partial charge on any atom is 0.194 e. The first-order valence-electron chi connectivity index (χ1n) is 7.77. The highest BCUT2D eigenvalue weighted by Crippen LogP contribution is 2.24. The Balaban J connectivity index is 1.71. The van der Waals surface area contributed by atoms with Crippen molar-refractivity contribution in [3.8, 4) is 33.9 Å². The second-order valence-corrected chi connectivity index (χ2v) is 6.40. The number of aromatic nitrogens is 4. The minimum Gasteiger partial charge on any atom is -0.265 e. The van der Waals surface area contributed by atoms with E-state index in [9.17, 15) is 0 Å². The van der Waals surface area contributed by atoms with E-state index in [2.05, 4.69) is 54.7 Å². The summed E-state index contributed by atoms with van der Waals surface area (Å²) in [4.78, 5) is 17.6. The Morgan fingerprint density at radius 1 is 0.520 bits per heavy atom. The molecule has 0 fully saturated rings. The molecule has 0 bridgehead atoms. The van der Waals surface area contributed by atoms with Gasteiger partial charge in [0, 0.05) is 46.1 Å². The first-order chi connectivity index (χ1) is 12.3. The molecule has 0 aliphatic carbocycles. The first-order valence-corrected chi connectivity index (χ1v) is 8.85. The van der Waals surface area contributed by atoms with E-state index in [1.807, 2.05) is 54.6 Å². The van der Waals surface area contributed by atoms with Gasteiger partial charge in [0.25, 0.3) is 0 Å². The van der Waals surface area contributed by atoms with Gasteiger partial charge in [-0.15, -0.1) is 0 Å². The van der Waals surface area contributed by atoms with Crippen molar-refractivity contribution in [2.75, 3.05) is 0 Å². The molecular weight excluding hydrogens is 423 g/mol. The van der Waals surface area contributed by atoms with Crippen molar-refractivity contribution >= 4 is 22.6 Å². The number of pyridine rings is 1. The van der Waals surface area contributed by atoms with Crippen LogP contribution in [-0.4, -0.2) is 19.9 Å². The van der Waals surface area contributed by atoms with E-state index in [0.717, 1.165) is 22.3 Å². The second kappa shape index (κ2) is 7.06. The first kappa shape index (κ1) is 15.8. The van der Waals surface area contributed by atoms with Crippen LogP contribution in [0.15, 0.2) is 79.1 Å². The number of hydrogen-bond donors (Lipinski definition) is 0. The fourth-order valence-corrected chi connectivity index (χ4v) is 3.01. The number of halogens is 1. The molecule has 25 heavy (non-hydrogen) atoms. The molecule has 2 heterocycles. The summed E-state index contributed by atoms with van der Waals surface area (Å²) in [6.07, 6.45) is 3.59. The van der Waals surface area contributed by atoms with E-state index >= 15 is 0 Å². The van der Waals surface area contributed by atoms with Gasteiger partial charge in [-0.1, -0.05) is 54.6 Å². The summed E-state index contributed by atoms with van der Waals surface area (Å²) in [5.74, 6) is 1.37. The Morgan fingerprint density at radius 2 is 1.04 bits per heavy atom. The number of rotatable bonds is 3. The van der Waals surface area contributed by atoms with Gasteiger partial charge >= 0.3 is 0 Å². The van der Waals surface area contributed by atoms with Crippen molar-refractivity contribution in [3.63, 3.8) is 0 Å². The van der Waals surface area contributed by atoms with Gasteiger partial charge in [-0.25, -0.2) is 15.0 Å². The Bertz CT molecular complexity index is 987. The van der Waals surface area contributed by atoms with Gasteiger partial charge in [-0.3, -0.25) is 4.98 Å². The fourth-order valence-electron chi connectivity index (χ4n) is 2.55. The SMILES string of the molecule is Ic1nc(-c2ccccc2)nc(-c2ccc(-c3ccncc3)cc2)n1. The number of nitrogens with zero attached hydrogens (tertiary/aromatic N) is 4.